The van der Waals surface area contributed by atoms with Gasteiger partial charge in [-0.2, -0.15) is 0 Å². The maximum absolute atomic E-state index is 12.1. The molecule has 2 N–H and O–H groups in total. The lowest BCUT2D eigenvalue weighted by atomic mass is 9.93. The molecule has 1 heterocycles. The fraction of sp³-hybridized carbons (Fsp3) is 0.571. The van der Waals surface area contributed by atoms with Crippen molar-refractivity contribution in [3.05, 3.63) is 16.0 Å². The van der Waals surface area contributed by atoms with E-state index in [1.165, 1.54) is 11.3 Å². The Labute approximate surface area is 121 Å². The smallest absolute Gasteiger partial charge is 0.341 e. The predicted octanol–water partition coefficient (Wildman–Crippen LogP) is 2.64. The molecule has 6 heteroatoms. The molecule has 110 valence electrons. The summed E-state index contributed by atoms with van der Waals surface area (Å²) in [6, 6.07) is 0. The minimum Gasteiger partial charge on any atom is -0.462 e. The highest BCUT2D eigenvalue weighted by Gasteiger charge is 2.30. The van der Waals surface area contributed by atoms with Gasteiger partial charge < -0.3 is 15.2 Å². The van der Waals surface area contributed by atoms with Crippen molar-refractivity contribution >= 4 is 28.2 Å². The summed E-state index contributed by atoms with van der Waals surface area (Å²) in [7, 11) is 0. The molecule has 0 saturated heterocycles. The minimum absolute atomic E-state index is 0.149. The standard InChI is InChI=1S/C14H19NO4S/c1-3-10(17)15-13-11(14(18)19-4-2)8-6-5-7-9(16)12(8)20-13/h9,16H,3-7H2,1-2H3,(H,15,17)/t9-/m1/s1. The van der Waals surface area contributed by atoms with E-state index >= 15 is 0 Å². The van der Waals surface area contributed by atoms with Crippen LogP contribution in [-0.2, 0) is 16.0 Å². The molecule has 0 fully saturated rings. The van der Waals surface area contributed by atoms with E-state index in [-0.39, 0.29) is 12.5 Å². The van der Waals surface area contributed by atoms with Gasteiger partial charge >= 0.3 is 5.97 Å². The van der Waals surface area contributed by atoms with Crippen LogP contribution in [-0.4, -0.2) is 23.6 Å². The van der Waals surface area contributed by atoms with Gasteiger partial charge in [0.2, 0.25) is 5.91 Å². The lowest BCUT2D eigenvalue weighted by molar-refractivity contribution is -0.115. The van der Waals surface area contributed by atoms with E-state index in [0.717, 1.165) is 23.3 Å². The number of thiophene rings is 1. The maximum Gasteiger partial charge on any atom is 0.341 e. The van der Waals surface area contributed by atoms with Gasteiger partial charge in [0.05, 0.1) is 18.3 Å². The zero-order chi connectivity index (χ0) is 14.7. The van der Waals surface area contributed by atoms with Gasteiger partial charge in [-0.05, 0) is 31.7 Å². The van der Waals surface area contributed by atoms with Gasteiger partial charge in [-0.25, -0.2) is 4.79 Å². The molecule has 5 nitrogen and oxygen atoms in total. The normalized spacial score (nSPS) is 17.4. The van der Waals surface area contributed by atoms with E-state index in [2.05, 4.69) is 5.32 Å². The van der Waals surface area contributed by atoms with Crippen molar-refractivity contribution < 1.29 is 19.4 Å². The fourth-order valence-corrected chi connectivity index (χ4v) is 3.60. The Morgan fingerprint density at radius 3 is 2.85 bits per heavy atom. The molecule has 0 radical (unpaired) electrons. The van der Waals surface area contributed by atoms with Crippen molar-refractivity contribution in [3.63, 3.8) is 0 Å². The van der Waals surface area contributed by atoms with Gasteiger partial charge in [0, 0.05) is 11.3 Å². The third-order valence-corrected chi connectivity index (χ3v) is 4.55. The van der Waals surface area contributed by atoms with Crippen molar-refractivity contribution in [2.75, 3.05) is 11.9 Å². The number of esters is 1. The zero-order valence-corrected chi connectivity index (χ0v) is 12.5. The van der Waals surface area contributed by atoms with Crippen LogP contribution >= 0.6 is 11.3 Å². The summed E-state index contributed by atoms with van der Waals surface area (Å²) in [5, 5.41) is 13.3. The summed E-state index contributed by atoms with van der Waals surface area (Å²) in [5.74, 6) is -0.575. The highest BCUT2D eigenvalue weighted by Crippen LogP contribution is 2.42. The molecule has 20 heavy (non-hydrogen) atoms. The van der Waals surface area contributed by atoms with Crippen molar-refractivity contribution in [2.45, 2.75) is 45.6 Å². The van der Waals surface area contributed by atoms with Crippen molar-refractivity contribution in [1.29, 1.82) is 0 Å². The minimum atomic E-state index is -0.552. The number of nitrogens with one attached hydrogen (secondary N) is 1. The number of fused-ring (bicyclic) bond motifs is 1. The Bertz CT molecular complexity index is 523. The molecule has 2 rings (SSSR count). The van der Waals surface area contributed by atoms with E-state index < -0.39 is 12.1 Å². The molecular weight excluding hydrogens is 278 g/mol. The molecule has 0 bridgehead atoms. The summed E-state index contributed by atoms with van der Waals surface area (Å²) in [4.78, 5) is 24.5. The van der Waals surface area contributed by atoms with E-state index in [1.807, 2.05) is 0 Å². The molecule has 1 amide bonds. The molecule has 1 aromatic rings. The number of anilines is 1. The third kappa shape index (κ3) is 2.86. The number of aliphatic hydroxyl groups excluding tert-OH is 1. The SMILES string of the molecule is CCOC(=O)c1c(NC(=O)CC)sc2c1CCC[C@H]2O. The summed E-state index contributed by atoms with van der Waals surface area (Å²) < 4.78 is 5.08. The van der Waals surface area contributed by atoms with Crippen LogP contribution in [0.4, 0.5) is 5.00 Å². The number of carbonyl (C=O) groups is 2. The first-order chi connectivity index (χ1) is 9.58. The first-order valence-electron chi connectivity index (χ1n) is 6.89. The Morgan fingerprint density at radius 1 is 1.45 bits per heavy atom. The van der Waals surface area contributed by atoms with Gasteiger partial charge in [-0.1, -0.05) is 6.92 Å². The number of aliphatic hydroxyl groups is 1. The molecule has 0 aromatic carbocycles. The Balaban J connectivity index is 2.43. The zero-order valence-electron chi connectivity index (χ0n) is 11.7. The van der Waals surface area contributed by atoms with Crippen molar-refractivity contribution in [1.82, 2.24) is 0 Å². The topological polar surface area (TPSA) is 75.6 Å². The number of amides is 1. The summed E-state index contributed by atoms with van der Waals surface area (Å²) in [6.07, 6.45) is 2.05. The number of hydrogen-bond acceptors (Lipinski definition) is 5. The Morgan fingerprint density at radius 2 is 2.20 bits per heavy atom. The number of hydrogen-bond donors (Lipinski definition) is 2. The average molecular weight is 297 g/mol. The molecule has 1 aromatic heterocycles. The van der Waals surface area contributed by atoms with Gasteiger partial charge in [-0.3, -0.25) is 4.79 Å². The van der Waals surface area contributed by atoms with E-state index in [0.29, 0.717) is 23.4 Å². The average Bonchev–Trinajstić information content (AvgIpc) is 2.78. The lowest BCUT2D eigenvalue weighted by Crippen LogP contribution is -2.15. The highest BCUT2D eigenvalue weighted by atomic mass is 32.1. The van der Waals surface area contributed by atoms with E-state index in [9.17, 15) is 14.7 Å². The molecule has 0 unspecified atom stereocenters. The Kier molecular flexibility index (Phi) is 4.77. The van der Waals surface area contributed by atoms with Gasteiger partial charge in [0.1, 0.15) is 5.00 Å². The largest absolute Gasteiger partial charge is 0.462 e. The monoisotopic (exact) mass is 297 g/mol. The van der Waals surface area contributed by atoms with Crippen molar-refractivity contribution in [2.24, 2.45) is 0 Å². The van der Waals surface area contributed by atoms with Crippen LogP contribution in [0.25, 0.3) is 0 Å². The third-order valence-electron chi connectivity index (χ3n) is 3.30. The molecule has 0 spiro atoms. The number of carbonyl (C=O) groups excluding carboxylic acids is 2. The van der Waals surface area contributed by atoms with Crippen molar-refractivity contribution in [3.8, 4) is 0 Å². The van der Waals surface area contributed by atoms with Gasteiger partial charge in [0.25, 0.3) is 0 Å². The summed E-state index contributed by atoms with van der Waals surface area (Å²) in [5.41, 5.74) is 1.26. The molecule has 0 aliphatic heterocycles. The fourth-order valence-electron chi connectivity index (χ4n) is 2.33. The van der Waals surface area contributed by atoms with E-state index in [1.54, 1.807) is 13.8 Å². The predicted molar refractivity (Wildman–Crippen MR) is 77.1 cm³/mol. The second-order valence-electron chi connectivity index (χ2n) is 4.68. The van der Waals surface area contributed by atoms with Gasteiger partial charge in [0.15, 0.2) is 0 Å². The molecule has 1 aliphatic rings. The van der Waals surface area contributed by atoms with Crippen LogP contribution < -0.4 is 5.32 Å². The van der Waals surface area contributed by atoms with Crippen LogP contribution in [0.3, 0.4) is 0 Å². The summed E-state index contributed by atoms with van der Waals surface area (Å²) >= 11 is 1.29. The van der Waals surface area contributed by atoms with Crippen LogP contribution in [0.15, 0.2) is 0 Å². The first kappa shape index (κ1) is 15.0. The number of rotatable bonds is 4. The maximum atomic E-state index is 12.1. The number of ether oxygens (including phenoxy) is 1. The van der Waals surface area contributed by atoms with Crippen LogP contribution in [0, 0.1) is 0 Å². The van der Waals surface area contributed by atoms with Crippen LogP contribution in [0.2, 0.25) is 0 Å². The molecular formula is C14H19NO4S. The molecule has 1 atom stereocenters. The molecule has 0 saturated carbocycles. The lowest BCUT2D eigenvalue weighted by Gasteiger charge is -2.17. The van der Waals surface area contributed by atoms with Gasteiger partial charge in [-0.15, -0.1) is 11.3 Å². The molecule has 1 aliphatic carbocycles. The second kappa shape index (κ2) is 6.37. The highest BCUT2D eigenvalue weighted by molar-refractivity contribution is 7.17. The van der Waals surface area contributed by atoms with Crippen LogP contribution in [0.5, 0.6) is 0 Å². The second-order valence-corrected chi connectivity index (χ2v) is 5.73. The summed E-state index contributed by atoms with van der Waals surface area (Å²) in [6.45, 7) is 3.78. The van der Waals surface area contributed by atoms with E-state index in [4.69, 9.17) is 4.74 Å². The Hall–Kier alpha value is -1.40. The van der Waals surface area contributed by atoms with Crippen LogP contribution in [0.1, 0.15) is 60.0 Å². The quantitative estimate of drug-likeness (QED) is 0.838. The first-order valence-corrected chi connectivity index (χ1v) is 7.70.